The van der Waals surface area contributed by atoms with E-state index in [4.69, 9.17) is 5.73 Å². The normalized spacial score (nSPS) is 21.4. The van der Waals surface area contributed by atoms with Crippen LogP contribution in [0.15, 0.2) is 24.5 Å². The minimum Gasteiger partial charge on any atom is -0.368 e. The molecule has 1 aliphatic rings. The molecule has 6 nitrogen and oxygen atoms in total. The number of likely N-dealkylation sites (tertiary alicyclic amines) is 1. The van der Waals surface area contributed by atoms with Crippen molar-refractivity contribution in [2.24, 2.45) is 11.7 Å². The molecule has 0 bridgehead atoms. The third kappa shape index (κ3) is 2.86. The molecule has 2 amide bonds. The van der Waals surface area contributed by atoms with E-state index in [0.717, 1.165) is 6.42 Å². The van der Waals surface area contributed by atoms with Gasteiger partial charge in [-0.2, -0.15) is 0 Å². The first-order valence-corrected chi connectivity index (χ1v) is 7.48. The monoisotopic (exact) mass is 316 g/mol. The van der Waals surface area contributed by atoms with E-state index < -0.39 is 23.7 Å². The van der Waals surface area contributed by atoms with E-state index in [1.54, 1.807) is 0 Å². The Kier molecular flexibility index (Phi) is 3.94. The van der Waals surface area contributed by atoms with Crippen LogP contribution in [-0.4, -0.2) is 39.3 Å². The zero-order valence-electron chi connectivity index (χ0n) is 12.7. The molecule has 3 rings (SSSR count). The van der Waals surface area contributed by atoms with Gasteiger partial charge in [0.05, 0.1) is 16.6 Å². The third-order valence-corrected chi connectivity index (χ3v) is 4.24. The van der Waals surface area contributed by atoms with E-state index in [9.17, 15) is 14.0 Å². The molecule has 2 heterocycles. The van der Waals surface area contributed by atoms with Crippen LogP contribution >= 0.6 is 0 Å². The van der Waals surface area contributed by atoms with Crippen LogP contribution in [0.4, 0.5) is 4.39 Å². The number of aromatic nitrogens is 2. The summed E-state index contributed by atoms with van der Waals surface area (Å²) in [6.45, 7) is 2.38. The fourth-order valence-electron chi connectivity index (χ4n) is 2.96. The van der Waals surface area contributed by atoms with Gasteiger partial charge in [0.2, 0.25) is 5.91 Å². The Bertz CT molecular complexity index is 780. The molecule has 1 aromatic carbocycles. The summed E-state index contributed by atoms with van der Waals surface area (Å²) in [7, 11) is 0. The van der Waals surface area contributed by atoms with Gasteiger partial charge in [0.25, 0.3) is 5.91 Å². The number of nitrogens with zero attached hydrogens (tertiary/aromatic N) is 3. The Morgan fingerprint density at radius 1 is 1.26 bits per heavy atom. The number of benzene rings is 1. The van der Waals surface area contributed by atoms with Gasteiger partial charge in [-0.15, -0.1) is 0 Å². The van der Waals surface area contributed by atoms with E-state index in [0.29, 0.717) is 29.9 Å². The number of rotatable bonds is 2. The van der Waals surface area contributed by atoms with Gasteiger partial charge in [0.15, 0.2) is 0 Å². The van der Waals surface area contributed by atoms with Gasteiger partial charge >= 0.3 is 0 Å². The number of carbonyl (C=O) groups excluding carboxylic acids is 2. The fraction of sp³-hybridized carbons (Fsp3) is 0.375. The molecule has 1 fully saturated rings. The number of nitrogens with two attached hydrogens (primary N) is 1. The lowest BCUT2D eigenvalue weighted by molar-refractivity contribution is -0.124. The number of hydrogen-bond acceptors (Lipinski definition) is 4. The van der Waals surface area contributed by atoms with Gasteiger partial charge in [-0.3, -0.25) is 19.6 Å². The molecule has 2 N–H and O–H groups in total. The summed E-state index contributed by atoms with van der Waals surface area (Å²) in [5.74, 6) is -1.48. The fourth-order valence-corrected chi connectivity index (χ4v) is 2.96. The second-order valence-electron chi connectivity index (χ2n) is 5.92. The van der Waals surface area contributed by atoms with Gasteiger partial charge in [-0.05, 0) is 24.8 Å². The van der Waals surface area contributed by atoms with Crippen molar-refractivity contribution in [2.75, 3.05) is 6.54 Å². The van der Waals surface area contributed by atoms with Gasteiger partial charge in [-0.25, -0.2) is 4.39 Å². The van der Waals surface area contributed by atoms with Gasteiger partial charge in [0.1, 0.15) is 11.9 Å². The largest absolute Gasteiger partial charge is 0.368 e. The number of halogens is 1. The van der Waals surface area contributed by atoms with Crippen molar-refractivity contribution in [3.8, 4) is 0 Å². The number of hydrogen-bond donors (Lipinski definition) is 1. The Labute approximate surface area is 132 Å². The average molecular weight is 316 g/mol. The minimum atomic E-state index is -0.705. The van der Waals surface area contributed by atoms with Crippen molar-refractivity contribution in [1.29, 1.82) is 0 Å². The van der Waals surface area contributed by atoms with Crippen molar-refractivity contribution < 1.29 is 14.0 Å². The number of carbonyl (C=O) groups is 2. The first-order chi connectivity index (χ1) is 11.0. The van der Waals surface area contributed by atoms with Crippen LogP contribution in [0.1, 0.15) is 30.1 Å². The maximum atomic E-state index is 14.3. The van der Waals surface area contributed by atoms with Crippen LogP contribution in [0.25, 0.3) is 11.0 Å². The average Bonchev–Trinajstić information content (AvgIpc) is 2.53. The Morgan fingerprint density at radius 2 is 1.91 bits per heavy atom. The van der Waals surface area contributed by atoms with Gasteiger partial charge in [0, 0.05) is 25.0 Å². The molecule has 0 spiro atoms. The summed E-state index contributed by atoms with van der Waals surface area (Å²) < 4.78 is 14.3. The first kappa shape index (κ1) is 15.3. The maximum absolute atomic E-state index is 14.3. The zero-order chi connectivity index (χ0) is 16.6. The van der Waals surface area contributed by atoms with Crippen LogP contribution in [0.2, 0.25) is 0 Å². The van der Waals surface area contributed by atoms with E-state index in [-0.39, 0.29) is 5.56 Å². The summed E-state index contributed by atoms with van der Waals surface area (Å²) in [6.07, 6.45) is 4.18. The molecule has 0 aliphatic carbocycles. The number of fused-ring (bicyclic) bond motifs is 1. The highest BCUT2D eigenvalue weighted by Gasteiger charge is 2.35. The van der Waals surface area contributed by atoms with Crippen LogP contribution in [0.3, 0.4) is 0 Å². The second-order valence-corrected chi connectivity index (χ2v) is 5.92. The molecule has 23 heavy (non-hydrogen) atoms. The van der Waals surface area contributed by atoms with Gasteiger partial charge < -0.3 is 10.6 Å². The molecular weight excluding hydrogens is 299 g/mol. The number of primary amides is 1. The van der Waals surface area contributed by atoms with E-state index in [1.807, 2.05) is 6.92 Å². The molecule has 120 valence electrons. The Hall–Kier alpha value is -2.57. The zero-order valence-corrected chi connectivity index (χ0v) is 12.7. The van der Waals surface area contributed by atoms with Crippen LogP contribution in [0.5, 0.6) is 0 Å². The molecular formula is C16H17FN4O2. The molecule has 0 radical (unpaired) electrons. The van der Waals surface area contributed by atoms with Crippen molar-refractivity contribution in [3.63, 3.8) is 0 Å². The molecule has 1 saturated heterocycles. The van der Waals surface area contributed by atoms with Crippen LogP contribution in [-0.2, 0) is 4.79 Å². The van der Waals surface area contributed by atoms with Crippen molar-refractivity contribution in [3.05, 3.63) is 35.9 Å². The first-order valence-electron chi connectivity index (χ1n) is 7.48. The van der Waals surface area contributed by atoms with Crippen LogP contribution < -0.4 is 5.73 Å². The molecule has 2 atom stereocenters. The molecule has 0 saturated carbocycles. The smallest absolute Gasteiger partial charge is 0.257 e. The summed E-state index contributed by atoms with van der Waals surface area (Å²) in [6, 6.07) is 1.85. The highest BCUT2D eigenvalue weighted by Crippen LogP contribution is 2.25. The summed E-state index contributed by atoms with van der Waals surface area (Å²) in [5.41, 5.74) is 6.11. The molecule has 1 aromatic heterocycles. The highest BCUT2D eigenvalue weighted by molar-refractivity contribution is 6.00. The molecule has 7 heteroatoms. The van der Waals surface area contributed by atoms with E-state index >= 15 is 0 Å². The van der Waals surface area contributed by atoms with Gasteiger partial charge in [-0.1, -0.05) is 6.92 Å². The SMILES string of the molecule is CC1CCN(C(=O)c2cc3nccnc3cc2F)C(C(N)=O)C1. The standard InChI is InChI=1S/C16H17FN4O2/c1-9-2-5-21(14(6-9)15(18)22)16(23)10-7-12-13(8-11(10)17)20-4-3-19-12/h3-4,7-9,14H,2,5-6H2,1H3,(H2,18,22). The second kappa shape index (κ2) is 5.91. The lowest BCUT2D eigenvalue weighted by Crippen LogP contribution is -2.52. The molecule has 2 aromatic rings. The summed E-state index contributed by atoms with van der Waals surface area (Å²) in [4.78, 5) is 33.8. The van der Waals surface area contributed by atoms with Crippen molar-refractivity contribution in [2.45, 2.75) is 25.8 Å². The van der Waals surface area contributed by atoms with Crippen molar-refractivity contribution >= 4 is 22.8 Å². The third-order valence-electron chi connectivity index (χ3n) is 4.24. The minimum absolute atomic E-state index is 0.112. The predicted molar refractivity (Wildman–Crippen MR) is 81.9 cm³/mol. The Balaban J connectivity index is 1.98. The van der Waals surface area contributed by atoms with E-state index in [1.165, 1.54) is 29.4 Å². The lowest BCUT2D eigenvalue weighted by Gasteiger charge is -2.36. The summed E-state index contributed by atoms with van der Waals surface area (Å²) >= 11 is 0. The molecule has 2 unspecified atom stereocenters. The topological polar surface area (TPSA) is 89.2 Å². The quantitative estimate of drug-likeness (QED) is 0.909. The van der Waals surface area contributed by atoms with E-state index in [2.05, 4.69) is 9.97 Å². The number of amides is 2. The lowest BCUT2D eigenvalue weighted by atomic mass is 9.91. The van der Waals surface area contributed by atoms with Crippen LogP contribution in [0, 0.1) is 11.7 Å². The van der Waals surface area contributed by atoms with Crippen molar-refractivity contribution in [1.82, 2.24) is 14.9 Å². The molecule has 1 aliphatic heterocycles. The summed E-state index contributed by atoms with van der Waals surface area (Å²) in [5, 5.41) is 0. The number of piperidine rings is 1. The highest BCUT2D eigenvalue weighted by atomic mass is 19.1. The Morgan fingerprint density at radius 3 is 2.57 bits per heavy atom. The maximum Gasteiger partial charge on any atom is 0.257 e. The predicted octanol–water partition coefficient (Wildman–Crippen LogP) is 1.49.